The lowest BCUT2D eigenvalue weighted by Crippen LogP contribution is -2.73. The lowest BCUT2D eigenvalue weighted by atomic mass is 9.34. The second-order valence-corrected chi connectivity index (χ2v) is 7.53. The van der Waals surface area contributed by atoms with E-state index in [9.17, 15) is 18.0 Å². The fraction of sp³-hybridized carbons (Fsp3) is 0.500. The van der Waals surface area contributed by atoms with Gasteiger partial charge in [-0.15, -0.1) is 0 Å². The number of nitrogens with one attached hydrogen (secondary N) is 2. The number of halogens is 3. The third-order valence-electron chi connectivity index (χ3n) is 5.69. The van der Waals surface area contributed by atoms with E-state index in [1.807, 2.05) is 37.4 Å². The zero-order valence-corrected chi connectivity index (χ0v) is 13.3. The number of hydrogen-bond donors (Lipinski definition) is 2. The van der Waals surface area contributed by atoms with Crippen LogP contribution in [0.15, 0.2) is 30.5 Å². The standard InChI is InChI=1S/C18H19F3N2O/c1-11(6-12-7-22-14-5-3-2-4-13(12)14)23-15(24)16-8-17(9-16,10-16)18(19,20)21/h2-5,7,11,22H,6,8-10H2,1H3,(H,23,24)/t11-,16?,17?/m1/s1. The highest BCUT2D eigenvalue weighted by Crippen LogP contribution is 2.78. The summed E-state index contributed by atoms with van der Waals surface area (Å²) in [4.78, 5) is 15.6. The van der Waals surface area contributed by atoms with E-state index in [1.165, 1.54) is 0 Å². The van der Waals surface area contributed by atoms with Gasteiger partial charge in [-0.25, -0.2) is 0 Å². The maximum Gasteiger partial charge on any atom is 0.394 e. The molecule has 3 aliphatic carbocycles. The number of aromatic amines is 1. The molecule has 0 aliphatic heterocycles. The zero-order chi connectivity index (χ0) is 17.2. The van der Waals surface area contributed by atoms with Gasteiger partial charge in [0.2, 0.25) is 5.91 Å². The molecule has 0 spiro atoms. The summed E-state index contributed by atoms with van der Waals surface area (Å²) in [6.07, 6.45) is -1.74. The van der Waals surface area contributed by atoms with Gasteiger partial charge in [0.25, 0.3) is 0 Å². The zero-order valence-electron chi connectivity index (χ0n) is 13.3. The van der Waals surface area contributed by atoms with Crippen LogP contribution in [0.3, 0.4) is 0 Å². The smallest absolute Gasteiger partial charge is 0.361 e. The van der Waals surface area contributed by atoms with Crippen molar-refractivity contribution in [2.75, 3.05) is 0 Å². The first-order valence-corrected chi connectivity index (χ1v) is 8.17. The number of para-hydroxylation sites is 1. The minimum Gasteiger partial charge on any atom is -0.361 e. The minimum atomic E-state index is -4.18. The highest BCUT2D eigenvalue weighted by Gasteiger charge is 2.80. The summed E-state index contributed by atoms with van der Waals surface area (Å²) >= 11 is 0. The average molecular weight is 336 g/mol. The van der Waals surface area contributed by atoms with Crippen molar-refractivity contribution in [1.29, 1.82) is 0 Å². The van der Waals surface area contributed by atoms with Gasteiger partial charge < -0.3 is 10.3 Å². The topological polar surface area (TPSA) is 44.9 Å². The molecule has 24 heavy (non-hydrogen) atoms. The molecule has 0 unspecified atom stereocenters. The highest BCUT2D eigenvalue weighted by molar-refractivity contribution is 5.87. The molecular weight excluding hydrogens is 317 g/mol. The number of alkyl halides is 3. The molecule has 2 aromatic rings. The molecule has 2 bridgehead atoms. The Morgan fingerprint density at radius 3 is 2.62 bits per heavy atom. The summed E-state index contributed by atoms with van der Waals surface area (Å²) in [6.45, 7) is 1.89. The summed E-state index contributed by atoms with van der Waals surface area (Å²) in [5, 5.41) is 4.02. The number of H-pyrrole nitrogens is 1. The van der Waals surface area contributed by atoms with Crippen LogP contribution >= 0.6 is 0 Å². The number of rotatable bonds is 4. The number of amides is 1. The quantitative estimate of drug-likeness (QED) is 0.872. The third-order valence-corrected chi connectivity index (χ3v) is 5.69. The van der Waals surface area contributed by atoms with E-state index in [1.54, 1.807) is 0 Å². The molecule has 1 heterocycles. The molecular formula is C18H19F3N2O. The van der Waals surface area contributed by atoms with Crippen molar-refractivity contribution in [3.8, 4) is 0 Å². The maximum atomic E-state index is 12.9. The summed E-state index contributed by atoms with van der Waals surface area (Å²) < 4.78 is 38.7. The highest BCUT2D eigenvalue weighted by atomic mass is 19.4. The van der Waals surface area contributed by atoms with Crippen molar-refractivity contribution in [2.45, 2.75) is 44.8 Å². The molecule has 0 radical (unpaired) electrons. The third kappa shape index (κ3) is 2.08. The van der Waals surface area contributed by atoms with Crippen LogP contribution in [-0.2, 0) is 11.2 Å². The summed E-state index contributed by atoms with van der Waals surface area (Å²) in [6, 6.07) is 7.80. The molecule has 3 nitrogen and oxygen atoms in total. The lowest BCUT2D eigenvalue weighted by molar-refractivity contribution is -0.351. The Hall–Kier alpha value is -1.98. The van der Waals surface area contributed by atoms with Gasteiger partial charge in [0.05, 0.1) is 10.8 Å². The molecule has 3 aliphatic rings. The van der Waals surface area contributed by atoms with Gasteiger partial charge >= 0.3 is 6.18 Å². The number of fused-ring (bicyclic) bond motifs is 1. The van der Waals surface area contributed by atoms with E-state index in [4.69, 9.17) is 0 Å². The number of carbonyl (C=O) groups is 1. The summed E-state index contributed by atoms with van der Waals surface area (Å²) in [5.41, 5.74) is -0.214. The van der Waals surface area contributed by atoms with Gasteiger partial charge in [-0.2, -0.15) is 13.2 Å². The van der Waals surface area contributed by atoms with E-state index in [2.05, 4.69) is 10.3 Å². The minimum absolute atomic E-state index is 0.0465. The van der Waals surface area contributed by atoms with Crippen LogP contribution in [-0.4, -0.2) is 23.1 Å². The molecule has 128 valence electrons. The Balaban J connectivity index is 1.38. The van der Waals surface area contributed by atoms with Crippen LogP contribution in [0.25, 0.3) is 10.9 Å². The first-order valence-electron chi connectivity index (χ1n) is 8.17. The molecule has 1 atom stereocenters. The van der Waals surface area contributed by atoms with Crippen LogP contribution in [0.2, 0.25) is 0 Å². The van der Waals surface area contributed by atoms with Gasteiger partial charge in [-0.3, -0.25) is 4.79 Å². The molecule has 1 amide bonds. The largest absolute Gasteiger partial charge is 0.394 e. The summed E-state index contributed by atoms with van der Waals surface area (Å²) in [5.74, 6) is -0.221. The number of benzene rings is 1. The molecule has 6 heteroatoms. The first kappa shape index (κ1) is 15.5. The second kappa shape index (κ2) is 4.77. The number of hydrogen-bond acceptors (Lipinski definition) is 1. The van der Waals surface area contributed by atoms with Gasteiger partial charge in [0.15, 0.2) is 0 Å². The van der Waals surface area contributed by atoms with Gasteiger partial charge in [-0.1, -0.05) is 18.2 Å². The average Bonchev–Trinajstić information content (AvgIpc) is 2.77. The van der Waals surface area contributed by atoms with Crippen LogP contribution in [0, 0.1) is 10.8 Å². The van der Waals surface area contributed by atoms with E-state index < -0.39 is 17.0 Å². The number of carbonyl (C=O) groups excluding carboxylic acids is 1. The molecule has 5 rings (SSSR count). The Morgan fingerprint density at radius 2 is 1.96 bits per heavy atom. The molecule has 1 aromatic carbocycles. The van der Waals surface area contributed by atoms with Gasteiger partial charge in [0.1, 0.15) is 0 Å². The van der Waals surface area contributed by atoms with Crippen molar-refractivity contribution in [3.63, 3.8) is 0 Å². The van der Waals surface area contributed by atoms with Crippen molar-refractivity contribution in [2.24, 2.45) is 10.8 Å². The molecule has 3 fully saturated rings. The molecule has 2 N–H and O–H groups in total. The lowest BCUT2D eigenvalue weighted by Gasteiger charge is -2.69. The summed E-state index contributed by atoms with van der Waals surface area (Å²) in [7, 11) is 0. The van der Waals surface area contributed by atoms with Crippen LogP contribution in [0.5, 0.6) is 0 Å². The Labute approximate surface area is 137 Å². The molecule has 0 saturated heterocycles. The van der Waals surface area contributed by atoms with Crippen LogP contribution < -0.4 is 5.32 Å². The SMILES string of the molecule is C[C@H](Cc1c[nH]c2ccccc12)NC(=O)C12CC(C(F)(F)F)(C1)C2. The number of aromatic nitrogens is 1. The molecule has 1 aromatic heterocycles. The monoisotopic (exact) mass is 336 g/mol. The van der Waals surface area contributed by atoms with Crippen molar-refractivity contribution in [3.05, 3.63) is 36.0 Å². The van der Waals surface area contributed by atoms with Crippen molar-refractivity contribution in [1.82, 2.24) is 10.3 Å². The Morgan fingerprint density at radius 1 is 1.29 bits per heavy atom. The predicted molar refractivity (Wildman–Crippen MR) is 84.4 cm³/mol. The van der Waals surface area contributed by atoms with Crippen LogP contribution in [0.1, 0.15) is 31.7 Å². The fourth-order valence-electron chi connectivity index (χ4n) is 4.39. The predicted octanol–water partition coefficient (Wildman–Crippen LogP) is 3.95. The van der Waals surface area contributed by atoms with E-state index in [0.717, 1.165) is 16.5 Å². The van der Waals surface area contributed by atoms with Crippen molar-refractivity contribution < 1.29 is 18.0 Å². The van der Waals surface area contributed by atoms with Gasteiger partial charge in [0, 0.05) is 23.1 Å². The van der Waals surface area contributed by atoms with Crippen molar-refractivity contribution >= 4 is 16.8 Å². The normalized spacial score (nSPS) is 29.7. The fourth-order valence-corrected chi connectivity index (χ4v) is 4.39. The first-order chi connectivity index (χ1) is 11.2. The van der Waals surface area contributed by atoms with E-state index >= 15 is 0 Å². The van der Waals surface area contributed by atoms with E-state index in [-0.39, 0.29) is 31.2 Å². The van der Waals surface area contributed by atoms with E-state index in [0.29, 0.717) is 6.42 Å². The Kier molecular flexibility index (Phi) is 3.09. The maximum absolute atomic E-state index is 12.9. The Bertz CT molecular complexity index is 788. The van der Waals surface area contributed by atoms with Crippen LogP contribution in [0.4, 0.5) is 13.2 Å². The van der Waals surface area contributed by atoms with Gasteiger partial charge in [-0.05, 0) is 44.2 Å². The second-order valence-electron chi connectivity index (χ2n) is 7.53. The molecule has 3 saturated carbocycles.